The van der Waals surface area contributed by atoms with Crippen molar-refractivity contribution in [1.29, 1.82) is 0 Å². The molecule has 1 heterocycles. The zero-order chi connectivity index (χ0) is 13.3. The van der Waals surface area contributed by atoms with Crippen LogP contribution in [0.3, 0.4) is 0 Å². The van der Waals surface area contributed by atoms with Crippen molar-refractivity contribution in [2.24, 2.45) is 11.7 Å². The van der Waals surface area contributed by atoms with E-state index >= 15 is 0 Å². The van der Waals surface area contributed by atoms with Gasteiger partial charge in [-0.05, 0) is 24.8 Å². The fourth-order valence-corrected chi connectivity index (χ4v) is 1.97. The summed E-state index contributed by atoms with van der Waals surface area (Å²) in [4.78, 5) is 9.09. The maximum Gasteiger partial charge on any atom is 0.433 e. The lowest BCUT2D eigenvalue weighted by molar-refractivity contribution is -0.141. The number of hydrogen-bond donors (Lipinski definition) is 1. The van der Waals surface area contributed by atoms with E-state index in [1.165, 1.54) is 0 Å². The van der Waals surface area contributed by atoms with E-state index in [4.69, 9.17) is 5.73 Å². The van der Waals surface area contributed by atoms with Gasteiger partial charge in [-0.15, -0.1) is 0 Å². The number of aromatic nitrogens is 2. The van der Waals surface area contributed by atoms with Gasteiger partial charge in [0.1, 0.15) is 5.69 Å². The molecule has 1 aliphatic rings. The maximum atomic E-state index is 12.6. The molecular weight excluding hydrogens is 245 g/mol. The lowest BCUT2D eigenvalue weighted by atomic mass is 10.1. The highest BCUT2D eigenvalue weighted by Gasteiger charge is 2.36. The molecule has 1 aliphatic carbocycles. The molecule has 0 aliphatic heterocycles. The van der Waals surface area contributed by atoms with Crippen molar-refractivity contribution in [2.45, 2.75) is 25.1 Å². The number of rotatable bonds is 4. The Morgan fingerprint density at radius 2 is 2.17 bits per heavy atom. The van der Waals surface area contributed by atoms with Crippen LogP contribution in [0.5, 0.6) is 0 Å². The highest BCUT2D eigenvalue weighted by molar-refractivity contribution is 5.32. The van der Waals surface area contributed by atoms with Gasteiger partial charge < -0.3 is 10.6 Å². The monoisotopic (exact) mass is 260 g/mol. The van der Waals surface area contributed by atoms with Gasteiger partial charge in [-0.1, -0.05) is 0 Å². The normalized spacial score (nSPS) is 17.6. The average molecular weight is 260 g/mol. The van der Waals surface area contributed by atoms with E-state index in [2.05, 4.69) is 9.97 Å². The molecule has 1 fully saturated rings. The van der Waals surface area contributed by atoms with E-state index < -0.39 is 11.9 Å². The third kappa shape index (κ3) is 2.72. The van der Waals surface area contributed by atoms with Crippen LogP contribution in [-0.2, 0) is 6.18 Å². The zero-order valence-electron chi connectivity index (χ0n) is 9.98. The number of nitrogens with two attached hydrogens (primary N) is 1. The van der Waals surface area contributed by atoms with Gasteiger partial charge in [0, 0.05) is 25.8 Å². The second-order valence-corrected chi connectivity index (χ2v) is 4.49. The predicted octanol–water partition coefficient (Wildman–Crippen LogP) is 1.67. The van der Waals surface area contributed by atoms with Gasteiger partial charge in [-0.25, -0.2) is 9.97 Å². The Bertz CT molecular complexity index is 417. The molecule has 0 aromatic carbocycles. The van der Waals surface area contributed by atoms with Crippen LogP contribution < -0.4 is 10.6 Å². The summed E-state index contributed by atoms with van der Waals surface area (Å²) < 4.78 is 37.7. The Balaban J connectivity index is 2.21. The molecule has 0 saturated heterocycles. The summed E-state index contributed by atoms with van der Waals surface area (Å²) in [6, 6.07) is 0.875. The van der Waals surface area contributed by atoms with Crippen molar-refractivity contribution in [3.05, 3.63) is 18.0 Å². The SMILES string of the molecule is CN(c1nccc(C(F)(F)F)n1)C(CN)C1CC1. The van der Waals surface area contributed by atoms with Crippen molar-refractivity contribution in [2.75, 3.05) is 18.5 Å². The number of likely N-dealkylation sites (N-methyl/N-ethyl adjacent to an activating group) is 1. The highest BCUT2D eigenvalue weighted by atomic mass is 19.4. The molecule has 2 N–H and O–H groups in total. The fourth-order valence-electron chi connectivity index (χ4n) is 1.97. The molecule has 100 valence electrons. The zero-order valence-corrected chi connectivity index (χ0v) is 9.98. The van der Waals surface area contributed by atoms with Crippen molar-refractivity contribution < 1.29 is 13.2 Å². The summed E-state index contributed by atoms with van der Waals surface area (Å²) in [5.74, 6) is 0.519. The fraction of sp³-hybridized carbons (Fsp3) is 0.636. The molecule has 1 aromatic heterocycles. The molecule has 1 aromatic rings. The lowest BCUT2D eigenvalue weighted by Crippen LogP contribution is -2.40. The molecule has 18 heavy (non-hydrogen) atoms. The highest BCUT2D eigenvalue weighted by Crippen LogP contribution is 2.36. The minimum Gasteiger partial charge on any atom is -0.339 e. The van der Waals surface area contributed by atoms with E-state index in [-0.39, 0.29) is 12.0 Å². The molecule has 1 unspecified atom stereocenters. The Morgan fingerprint density at radius 1 is 1.50 bits per heavy atom. The van der Waals surface area contributed by atoms with Crippen LogP contribution in [0.4, 0.5) is 19.1 Å². The molecule has 2 rings (SSSR count). The summed E-state index contributed by atoms with van der Waals surface area (Å²) in [6.45, 7) is 0.390. The molecule has 7 heteroatoms. The van der Waals surface area contributed by atoms with Crippen LogP contribution >= 0.6 is 0 Å². The topological polar surface area (TPSA) is 55.0 Å². The number of anilines is 1. The van der Waals surface area contributed by atoms with E-state index in [1.807, 2.05) is 0 Å². The van der Waals surface area contributed by atoms with Crippen LogP contribution in [0.1, 0.15) is 18.5 Å². The van der Waals surface area contributed by atoms with E-state index in [1.54, 1.807) is 11.9 Å². The molecule has 0 bridgehead atoms. The summed E-state index contributed by atoms with van der Waals surface area (Å²) >= 11 is 0. The third-order valence-electron chi connectivity index (χ3n) is 3.15. The first-order valence-electron chi connectivity index (χ1n) is 5.76. The molecule has 1 saturated carbocycles. The largest absolute Gasteiger partial charge is 0.433 e. The first kappa shape index (κ1) is 13.1. The van der Waals surface area contributed by atoms with Gasteiger partial charge in [-0.2, -0.15) is 13.2 Å². The van der Waals surface area contributed by atoms with Crippen molar-refractivity contribution in [3.63, 3.8) is 0 Å². The first-order valence-corrected chi connectivity index (χ1v) is 5.76. The quantitative estimate of drug-likeness (QED) is 0.894. The van der Waals surface area contributed by atoms with E-state index in [9.17, 15) is 13.2 Å². The van der Waals surface area contributed by atoms with Gasteiger partial charge in [0.2, 0.25) is 5.95 Å². The Morgan fingerprint density at radius 3 is 2.67 bits per heavy atom. The number of hydrogen-bond acceptors (Lipinski definition) is 4. The molecule has 0 amide bonds. The van der Waals surface area contributed by atoms with Crippen molar-refractivity contribution in [3.8, 4) is 0 Å². The second kappa shape index (κ2) is 4.72. The van der Waals surface area contributed by atoms with E-state index in [0.29, 0.717) is 12.5 Å². The lowest BCUT2D eigenvalue weighted by Gasteiger charge is -2.27. The molecule has 4 nitrogen and oxygen atoms in total. The van der Waals surface area contributed by atoms with Crippen molar-refractivity contribution >= 4 is 5.95 Å². The number of nitrogens with zero attached hydrogens (tertiary/aromatic N) is 3. The Kier molecular flexibility index (Phi) is 3.43. The van der Waals surface area contributed by atoms with Crippen molar-refractivity contribution in [1.82, 2.24) is 9.97 Å². The predicted molar refractivity (Wildman–Crippen MR) is 61.0 cm³/mol. The van der Waals surface area contributed by atoms with Gasteiger partial charge >= 0.3 is 6.18 Å². The van der Waals surface area contributed by atoms with Crippen LogP contribution in [0.25, 0.3) is 0 Å². The number of halogens is 3. The molecule has 0 spiro atoms. The van der Waals surface area contributed by atoms with Gasteiger partial charge in [-0.3, -0.25) is 0 Å². The van der Waals surface area contributed by atoms with Crippen LogP contribution in [0, 0.1) is 5.92 Å². The minimum atomic E-state index is -4.45. The Hall–Kier alpha value is -1.37. The molecule has 0 radical (unpaired) electrons. The van der Waals surface area contributed by atoms with Gasteiger partial charge in [0.15, 0.2) is 0 Å². The van der Waals surface area contributed by atoms with Crippen LogP contribution in [0.2, 0.25) is 0 Å². The summed E-state index contributed by atoms with van der Waals surface area (Å²) in [6.07, 6.45) is -1.20. The smallest absolute Gasteiger partial charge is 0.339 e. The Labute approximate surface area is 103 Å². The summed E-state index contributed by atoms with van der Waals surface area (Å²) in [5.41, 5.74) is 4.73. The third-order valence-corrected chi connectivity index (χ3v) is 3.15. The van der Waals surface area contributed by atoms with E-state index in [0.717, 1.165) is 25.1 Å². The standard InChI is InChI=1S/C11H15F3N4/c1-18(8(6-15)7-2-3-7)10-16-5-4-9(17-10)11(12,13)14/h4-5,7-8H,2-3,6,15H2,1H3. The maximum absolute atomic E-state index is 12.6. The van der Waals surface area contributed by atoms with Gasteiger partial charge in [0.25, 0.3) is 0 Å². The van der Waals surface area contributed by atoms with Gasteiger partial charge in [0.05, 0.1) is 0 Å². The average Bonchev–Trinajstić information content (AvgIpc) is 3.13. The van der Waals surface area contributed by atoms with Crippen LogP contribution in [-0.4, -0.2) is 29.6 Å². The number of alkyl halides is 3. The van der Waals surface area contributed by atoms with Crippen LogP contribution in [0.15, 0.2) is 12.3 Å². The first-order chi connectivity index (χ1) is 8.43. The summed E-state index contributed by atoms with van der Waals surface area (Å²) in [7, 11) is 1.69. The minimum absolute atomic E-state index is 0.00786. The molecule has 1 atom stereocenters. The summed E-state index contributed by atoms with van der Waals surface area (Å²) in [5, 5.41) is 0. The second-order valence-electron chi connectivity index (χ2n) is 4.49. The molecular formula is C11H15F3N4.